The molecule has 100 valence electrons. The minimum absolute atomic E-state index is 0.0967. The molecule has 4 nitrogen and oxygen atoms in total. The summed E-state index contributed by atoms with van der Waals surface area (Å²) in [6, 6.07) is 7.65. The molecule has 0 bridgehead atoms. The summed E-state index contributed by atoms with van der Waals surface area (Å²) in [6.45, 7) is 0. The Morgan fingerprint density at radius 2 is 2.11 bits per heavy atom. The second-order valence-corrected chi connectivity index (χ2v) is 4.40. The number of benzene rings is 1. The van der Waals surface area contributed by atoms with Crippen LogP contribution in [-0.2, 0) is 6.42 Å². The SMILES string of the molecule is COc1ccc(C(N)Cc2cccc(F)c2Cl)nn1. The van der Waals surface area contributed by atoms with Gasteiger partial charge in [-0.25, -0.2) is 4.39 Å². The predicted octanol–water partition coefficient (Wildman–Crippen LogP) is 2.52. The molecule has 0 aliphatic carbocycles. The number of hydrogen-bond acceptors (Lipinski definition) is 4. The lowest BCUT2D eigenvalue weighted by Crippen LogP contribution is -2.16. The van der Waals surface area contributed by atoms with Crippen molar-refractivity contribution in [2.45, 2.75) is 12.5 Å². The molecule has 1 unspecified atom stereocenters. The molecule has 2 aromatic rings. The van der Waals surface area contributed by atoms with E-state index in [9.17, 15) is 4.39 Å². The Kier molecular flexibility index (Phi) is 4.29. The summed E-state index contributed by atoms with van der Waals surface area (Å²) in [5.74, 6) is -0.0353. The highest BCUT2D eigenvalue weighted by molar-refractivity contribution is 6.31. The first-order chi connectivity index (χ1) is 9.11. The molecular formula is C13H13ClFN3O. The maximum Gasteiger partial charge on any atom is 0.233 e. The largest absolute Gasteiger partial charge is 0.480 e. The Morgan fingerprint density at radius 3 is 2.74 bits per heavy atom. The minimum atomic E-state index is -0.452. The fraction of sp³-hybridized carbons (Fsp3) is 0.231. The third-order valence-electron chi connectivity index (χ3n) is 2.72. The molecule has 0 amide bonds. The Morgan fingerprint density at radius 1 is 1.32 bits per heavy atom. The molecule has 1 aromatic carbocycles. The Balaban J connectivity index is 2.15. The Labute approximate surface area is 115 Å². The van der Waals surface area contributed by atoms with Gasteiger partial charge in [-0.05, 0) is 24.1 Å². The van der Waals surface area contributed by atoms with Gasteiger partial charge in [-0.3, -0.25) is 0 Å². The second kappa shape index (κ2) is 5.95. The third-order valence-corrected chi connectivity index (χ3v) is 3.14. The standard InChI is InChI=1S/C13H13ClFN3O/c1-19-12-6-5-11(17-18-12)10(16)7-8-3-2-4-9(15)13(8)14/h2-6,10H,7,16H2,1H3. The maximum atomic E-state index is 13.3. The van der Waals surface area contributed by atoms with Crippen LogP contribution in [0, 0.1) is 5.82 Å². The van der Waals surface area contributed by atoms with Gasteiger partial charge >= 0.3 is 0 Å². The number of aromatic nitrogens is 2. The molecule has 0 saturated heterocycles. The summed E-state index contributed by atoms with van der Waals surface area (Å²) in [6.07, 6.45) is 0.387. The molecule has 0 spiro atoms. The van der Waals surface area contributed by atoms with E-state index in [0.717, 1.165) is 0 Å². The second-order valence-electron chi connectivity index (χ2n) is 4.02. The van der Waals surface area contributed by atoms with Crippen molar-refractivity contribution in [3.8, 4) is 5.88 Å². The van der Waals surface area contributed by atoms with E-state index in [2.05, 4.69) is 10.2 Å². The third kappa shape index (κ3) is 3.19. The Bertz CT molecular complexity index is 562. The zero-order valence-corrected chi connectivity index (χ0v) is 11.1. The minimum Gasteiger partial charge on any atom is -0.480 e. The van der Waals surface area contributed by atoms with Crippen LogP contribution in [0.15, 0.2) is 30.3 Å². The van der Waals surface area contributed by atoms with Gasteiger partial charge in [-0.2, -0.15) is 5.10 Å². The van der Waals surface area contributed by atoms with Gasteiger partial charge in [0.1, 0.15) is 5.82 Å². The first-order valence-corrected chi connectivity index (χ1v) is 6.05. The summed E-state index contributed by atoms with van der Waals surface area (Å²) in [5.41, 5.74) is 7.26. The van der Waals surface area contributed by atoms with E-state index in [1.165, 1.54) is 13.2 Å². The van der Waals surface area contributed by atoms with Crippen LogP contribution >= 0.6 is 11.6 Å². The molecule has 2 rings (SSSR count). The van der Waals surface area contributed by atoms with Crippen molar-refractivity contribution in [1.29, 1.82) is 0 Å². The summed E-state index contributed by atoms with van der Waals surface area (Å²) >= 11 is 5.89. The van der Waals surface area contributed by atoms with Gasteiger partial charge in [0.2, 0.25) is 5.88 Å². The maximum absolute atomic E-state index is 13.3. The van der Waals surface area contributed by atoms with Crippen molar-refractivity contribution in [2.24, 2.45) is 5.73 Å². The van der Waals surface area contributed by atoms with Gasteiger partial charge in [0.05, 0.1) is 23.9 Å². The first-order valence-electron chi connectivity index (χ1n) is 5.68. The molecule has 1 atom stereocenters. The monoisotopic (exact) mass is 281 g/mol. The van der Waals surface area contributed by atoms with Crippen LogP contribution in [0.2, 0.25) is 5.02 Å². The average molecular weight is 282 g/mol. The smallest absolute Gasteiger partial charge is 0.233 e. The lowest BCUT2D eigenvalue weighted by atomic mass is 10.0. The van der Waals surface area contributed by atoms with E-state index in [-0.39, 0.29) is 5.02 Å². The van der Waals surface area contributed by atoms with Crippen LogP contribution in [0.3, 0.4) is 0 Å². The van der Waals surface area contributed by atoms with E-state index >= 15 is 0 Å². The predicted molar refractivity (Wildman–Crippen MR) is 70.6 cm³/mol. The Hall–Kier alpha value is -1.72. The van der Waals surface area contributed by atoms with E-state index in [1.54, 1.807) is 24.3 Å². The first kappa shape index (κ1) is 13.7. The highest BCUT2D eigenvalue weighted by atomic mass is 35.5. The topological polar surface area (TPSA) is 61.0 Å². The van der Waals surface area contributed by atoms with Crippen LogP contribution in [0.5, 0.6) is 5.88 Å². The number of hydrogen-bond donors (Lipinski definition) is 1. The number of rotatable bonds is 4. The molecule has 1 aromatic heterocycles. The molecular weight excluding hydrogens is 269 g/mol. The van der Waals surface area contributed by atoms with Gasteiger partial charge in [0.25, 0.3) is 0 Å². The van der Waals surface area contributed by atoms with Gasteiger partial charge < -0.3 is 10.5 Å². The molecule has 0 aliphatic heterocycles. The number of methoxy groups -OCH3 is 1. The van der Waals surface area contributed by atoms with Crippen LogP contribution in [0.25, 0.3) is 0 Å². The molecule has 0 fully saturated rings. The van der Waals surface area contributed by atoms with E-state index in [0.29, 0.717) is 23.6 Å². The number of nitrogens with zero attached hydrogens (tertiary/aromatic N) is 2. The van der Waals surface area contributed by atoms with Crippen molar-refractivity contribution in [1.82, 2.24) is 10.2 Å². The highest BCUT2D eigenvalue weighted by Crippen LogP contribution is 2.24. The van der Waals surface area contributed by atoms with Crippen LogP contribution < -0.4 is 10.5 Å². The van der Waals surface area contributed by atoms with Crippen molar-refractivity contribution in [3.63, 3.8) is 0 Å². The summed E-state index contributed by atoms with van der Waals surface area (Å²) in [5, 5.41) is 7.90. The quantitative estimate of drug-likeness (QED) is 0.935. The average Bonchev–Trinajstić information content (AvgIpc) is 2.44. The van der Waals surface area contributed by atoms with Crippen molar-refractivity contribution in [2.75, 3.05) is 7.11 Å². The van der Waals surface area contributed by atoms with Crippen molar-refractivity contribution < 1.29 is 9.13 Å². The zero-order valence-electron chi connectivity index (χ0n) is 10.3. The summed E-state index contributed by atoms with van der Waals surface area (Å²) in [4.78, 5) is 0. The fourth-order valence-electron chi connectivity index (χ4n) is 1.68. The molecule has 1 heterocycles. The summed E-state index contributed by atoms with van der Waals surface area (Å²) < 4.78 is 18.2. The van der Waals surface area contributed by atoms with Crippen molar-refractivity contribution in [3.05, 3.63) is 52.4 Å². The molecule has 19 heavy (non-hydrogen) atoms. The number of ether oxygens (including phenoxy) is 1. The lowest BCUT2D eigenvalue weighted by molar-refractivity contribution is 0.390. The molecule has 0 radical (unpaired) electrons. The highest BCUT2D eigenvalue weighted by Gasteiger charge is 2.13. The van der Waals surface area contributed by atoms with Gasteiger partial charge in [0, 0.05) is 6.07 Å². The fourth-order valence-corrected chi connectivity index (χ4v) is 1.89. The zero-order chi connectivity index (χ0) is 13.8. The normalized spacial score (nSPS) is 12.2. The number of nitrogens with two attached hydrogens (primary N) is 1. The lowest BCUT2D eigenvalue weighted by Gasteiger charge is -2.12. The van der Waals surface area contributed by atoms with Gasteiger partial charge in [-0.15, -0.1) is 5.10 Å². The van der Waals surface area contributed by atoms with Crippen LogP contribution in [0.4, 0.5) is 4.39 Å². The molecule has 0 saturated carbocycles. The molecule has 6 heteroatoms. The molecule has 0 aliphatic rings. The van der Waals surface area contributed by atoms with Gasteiger partial charge in [-0.1, -0.05) is 23.7 Å². The van der Waals surface area contributed by atoms with Crippen LogP contribution in [0.1, 0.15) is 17.3 Å². The van der Waals surface area contributed by atoms with E-state index in [4.69, 9.17) is 22.1 Å². The summed E-state index contributed by atoms with van der Waals surface area (Å²) in [7, 11) is 1.51. The van der Waals surface area contributed by atoms with E-state index in [1.807, 2.05) is 0 Å². The van der Waals surface area contributed by atoms with E-state index < -0.39 is 11.9 Å². The van der Waals surface area contributed by atoms with Gasteiger partial charge in [0.15, 0.2) is 0 Å². The molecule has 2 N–H and O–H groups in total. The van der Waals surface area contributed by atoms with Crippen molar-refractivity contribution >= 4 is 11.6 Å². The number of halogens is 2. The van der Waals surface area contributed by atoms with Crippen LogP contribution in [-0.4, -0.2) is 17.3 Å².